The van der Waals surface area contributed by atoms with Gasteiger partial charge in [-0.15, -0.1) is 0 Å². The molecule has 4 nitrogen and oxygen atoms in total. The van der Waals surface area contributed by atoms with Crippen LogP contribution in [-0.4, -0.2) is 15.0 Å². The maximum Gasteiger partial charge on any atom is 0.131 e. The number of H-pyrrole nitrogens is 2. The van der Waals surface area contributed by atoms with Gasteiger partial charge in [-0.1, -0.05) is 28.1 Å². The number of benzene rings is 2. The van der Waals surface area contributed by atoms with Crippen molar-refractivity contribution in [2.45, 2.75) is 19.4 Å². The van der Waals surface area contributed by atoms with Gasteiger partial charge in [-0.2, -0.15) is 0 Å². The number of aromatic amines is 2. The second kappa shape index (κ2) is 4.94. The van der Waals surface area contributed by atoms with Crippen LogP contribution in [0.5, 0.6) is 0 Å². The molecule has 1 unspecified atom stereocenters. The van der Waals surface area contributed by atoms with Crippen molar-refractivity contribution in [2.24, 2.45) is 5.73 Å². The molecule has 0 aliphatic rings. The highest BCUT2D eigenvalue weighted by Crippen LogP contribution is 2.38. The number of hydrogen-bond donors (Lipinski definition) is 3. The number of para-hydroxylation sites is 2. The fraction of sp³-hybridized carbons (Fsp3) is 0.167. The minimum absolute atomic E-state index is 0.744. The van der Waals surface area contributed by atoms with Gasteiger partial charge in [0, 0.05) is 27.1 Å². The largest absolute Gasteiger partial charge is 0.361 e. The van der Waals surface area contributed by atoms with E-state index in [9.17, 15) is 0 Å². The van der Waals surface area contributed by atoms with Crippen LogP contribution in [0.3, 0.4) is 0 Å². The normalized spacial score (nSPS) is 14.4. The highest BCUT2D eigenvalue weighted by molar-refractivity contribution is 9.10. The zero-order valence-electron chi connectivity index (χ0n) is 12.9. The molecule has 0 saturated heterocycles. The van der Waals surface area contributed by atoms with Gasteiger partial charge in [0.15, 0.2) is 0 Å². The number of hydrogen-bond acceptors (Lipinski definition) is 2. The molecule has 2 aromatic carbocycles. The number of rotatable bonds is 2. The smallest absolute Gasteiger partial charge is 0.131 e. The molecule has 1 atom stereocenters. The average Bonchev–Trinajstić information content (AvgIpc) is 3.13. The summed E-state index contributed by atoms with van der Waals surface area (Å²) in [5, 5.41) is 1.11. The Morgan fingerprint density at radius 3 is 2.78 bits per heavy atom. The molecule has 0 saturated carbocycles. The van der Waals surface area contributed by atoms with Crippen LogP contribution in [0.15, 0.2) is 47.1 Å². The van der Waals surface area contributed by atoms with Gasteiger partial charge in [-0.3, -0.25) is 0 Å². The topological polar surface area (TPSA) is 70.5 Å². The zero-order valence-corrected chi connectivity index (χ0v) is 14.5. The van der Waals surface area contributed by atoms with E-state index in [2.05, 4.69) is 45.0 Å². The summed E-state index contributed by atoms with van der Waals surface area (Å²) in [7, 11) is 0. The lowest BCUT2D eigenvalue weighted by Crippen LogP contribution is -2.36. The van der Waals surface area contributed by atoms with Crippen LogP contribution in [0.2, 0.25) is 0 Å². The second-order valence-corrected chi connectivity index (χ2v) is 6.98. The van der Waals surface area contributed by atoms with Crippen LogP contribution in [0.1, 0.15) is 23.9 Å². The number of halogens is 1. The first-order valence-electron chi connectivity index (χ1n) is 7.49. The number of nitrogens with zero attached hydrogens (tertiary/aromatic N) is 1. The monoisotopic (exact) mass is 368 g/mol. The summed E-state index contributed by atoms with van der Waals surface area (Å²) in [5.41, 5.74) is 11.2. The molecule has 4 rings (SSSR count). The Kier molecular flexibility index (Phi) is 3.11. The lowest BCUT2D eigenvalue weighted by Gasteiger charge is -2.25. The molecule has 0 amide bonds. The molecule has 0 spiro atoms. The number of imidazole rings is 1. The quantitative estimate of drug-likeness (QED) is 0.492. The Hall–Kier alpha value is -2.11. The fourth-order valence-corrected chi connectivity index (χ4v) is 4.18. The van der Waals surface area contributed by atoms with E-state index in [-0.39, 0.29) is 0 Å². The first kappa shape index (κ1) is 14.5. The summed E-state index contributed by atoms with van der Waals surface area (Å²) in [6.45, 7) is 4.08. The van der Waals surface area contributed by atoms with Crippen molar-refractivity contribution in [3.8, 4) is 0 Å². The lowest BCUT2D eigenvalue weighted by molar-refractivity contribution is 0.569. The Morgan fingerprint density at radius 1 is 1.22 bits per heavy atom. The Balaban J connectivity index is 2.00. The summed E-state index contributed by atoms with van der Waals surface area (Å²) in [6.07, 6.45) is 1.95. The van der Waals surface area contributed by atoms with Gasteiger partial charge >= 0.3 is 0 Å². The Labute approximate surface area is 142 Å². The van der Waals surface area contributed by atoms with Crippen molar-refractivity contribution < 1.29 is 0 Å². The summed E-state index contributed by atoms with van der Waals surface area (Å²) < 4.78 is 0.993. The van der Waals surface area contributed by atoms with Crippen LogP contribution in [0, 0.1) is 6.92 Å². The van der Waals surface area contributed by atoms with E-state index in [4.69, 9.17) is 10.7 Å². The van der Waals surface area contributed by atoms with Gasteiger partial charge < -0.3 is 15.7 Å². The second-order valence-electron chi connectivity index (χ2n) is 6.12. The molecule has 2 heterocycles. The first-order chi connectivity index (χ1) is 11.0. The third-order valence-electron chi connectivity index (χ3n) is 4.39. The predicted octanol–water partition coefficient (Wildman–Crippen LogP) is 4.34. The summed E-state index contributed by atoms with van der Waals surface area (Å²) >= 11 is 3.69. The zero-order chi connectivity index (χ0) is 16.2. The number of aromatic nitrogens is 3. The maximum absolute atomic E-state index is 6.76. The molecule has 4 N–H and O–H groups in total. The molecule has 0 bridgehead atoms. The van der Waals surface area contributed by atoms with Gasteiger partial charge in [0.25, 0.3) is 0 Å². The summed E-state index contributed by atoms with van der Waals surface area (Å²) in [6, 6.07) is 12.1. The van der Waals surface area contributed by atoms with Gasteiger partial charge in [0.05, 0.1) is 16.6 Å². The molecule has 0 radical (unpaired) electrons. The van der Waals surface area contributed by atoms with E-state index >= 15 is 0 Å². The fourth-order valence-electron chi connectivity index (χ4n) is 3.21. The molecular formula is C18H17BrN4. The molecule has 0 fully saturated rings. The Morgan fingerprint density at radius 2 is 2.00 bits per heavy atom. The molecule has 116 valence electrons. The van der Waals surface area contributed by atoms with Crippen LogP contribution < -0.4 is 5.73 Å². The predicted molar refractivity (Wildman–Crippen MR) is 97.5 cm³/mol. The van der Waals surface area contributed by atoms with E-state index < -0.39 is 5.54 Å². The van der Waals surface area contributed by atoms with Gasteiger partial charge in [-0.25, -0.2) is 4.98 Å². The summed E-state index contributed by atoms with van der Waals surface area (Å²) in [4.78, 5) is 11.4. The highest BCUT2D eigenvalue weighted by Gasteiger charge is 2.32. The van der Waals surface area contributed by atoms with Crippen molar-refractivity contribution in [3.05, 3.63) is 64.0 Å². The highest BCUT2D eigenvalue weighted by atomic mass is 79.9. The minimum atomic E-state index is -0.744. The van der Waals surface area contributed by atoms with Gasteiger partial charge in [0.2, 0.25) is 0 Å². The average molecular weight is 369 g/mol. The molecule has 5 heteroatoms. The van der Waals surface area contributed by atoms with Crippen molar-refractivity contribution in [3.63, 3.8) is 0 Å². The van der Waals surface area contributed by atoms with Crippen LogP contribution in [0.4, 0.5) is 0 Å². The Bertz CT molecular complexity index is 993. The van der Waals surface area contributed by atoms with Crippen LogP contribution in [0.25, 0.3) is 21.9 Å². The number of nitrogens with two attached hydrogens (primary N) is 1. The van der Waals surface area contributed by atoms with E-state index in [1.807, 2.05) is 37.4 Å². The van der Waals surface area contributed by atoms with Gasteiger partial charge in [0.1, 0.15) is 5.82 Å². The SMILES string of the molecule is Cc1cc(Br)c(C(C)(N)c2nc3ccccc3[nH]2)c2cc[nH]c12. The lowest BCUT2D eigenvalue weighted by atomic mass is 9.88. The third kappa shape index (κ3) is 2.11. The number of aryl methyl sites for hydroxylation is 1. The van der Waals surface area contributed by atoms with Gasteiger partial charge in [-0.05, 0) is 43.7 Å². The minimum Gasteiger partial charge on any atom is -0.361 e. The summed E-state index contributed by atoms with van der Waals surface area (Å²) in [5.74, 6) is 0.755. The maximum atomic E-state index is 6.76. The van der Waals surface area contributed by atoms with Crippen LogP contribution in [-0.2, 0) is 5.54 Å². The van der Waals surface area contributed by atoms with Crippen LogP contribution >= 0.6 is 15.9 Å². The molecule has 4 aromatic rings. The third-order valence-corrected chi connectivity index (χ3v) is 5.02. The standard InChI is InChI=1S/C18H17BrN4/c1-10-9-12(19)15(11-7-8-21-16(10)11)18(2,20)17-22-13-5-3-4-6-14(13)23-17/h3-9,21H,20H2,1-2H3,(H,22,23). The van der Waals surface area contributed by atoms with Crippen molar-refractivity contribution in [1.29, 1.82) is 0 Å². The molecule has 2 aromatic heterocycles. The first-order valence-corrected chi connectivity index (χ1v) is 8.28. The number of nitrogens with one attached hydrogen (secondary N) is 2. The molecular weight excluding hydrogens is 352 g/mol. The van der Waals surface area contributed by atoms with E-state index in [0.717, 1.165) is 37.8 Å². The van der Waals surface area contributed by atoms with E-state index in [0.29, 0.717) is 0 Å². The van der Waals surface area contributed by atoms with E-state index in [1.54, 1.807) is 0 Å². The molecule has 0 aliphatic carbocycles. The van der Waals surface area contributed by atoms with E-state index in [1.165, 1.54) is 5.56 Å². The van der Waals surface area contributed by atoms with Crippen molar-refractivity contribution in [1.82, 2.24) is 15.0 Å². The van der Waals surface area contributed by atoms with Crippen molar-refractivity contribution >= 4 is 37.9 Å². The van der Waals surface area contributed by atoms with Crippen molar-refractivity contribution in [2.75, 3.05) is 0 Å². The molecule has 23 heavy (non-hydrogen) atoms. The molecule has 0 aliphatic heterocycles. The number of fused-ring (bicyclic) bond motifs is 2.